The largest absolute Gasteiger partial charge is 0.493 e. The van der Waals surface area contributed by atoms with Gasteiger partial charge in [-0.1, -0.05) is 19.9 Å². The Balaban J connectivity index is 0.000000717. The van der Waals surface area contributed by atoms with Crippen LogP contribution >= 0.6 is 0 Å². The predicted molar refractivity (Wildman–Crippen MR) is 111 cm³/mol. The summed E-state index contributed by atoms with van der Waals surface area (Å²) in [5, 5.41) is 16.4. The maximum absolute atomic E-state index is 11.1. The van der Waals surface area contributed by atoms with Crippen molar-refractivity contribution in [3.8, 4) is 17.6 Å². The summed E-state index contributed by atoms with van der Waals surface area (Å²) in [5.74, 6) is 1.25. The highest BCUT2D eigenvalue weighted by Crippen LogP contribution is 2.40. The molecular formula is C23H35NO4. The van der Waals surface area contributed by atoms with Crippen LogP contribution in [0.2, 0.25) is 0 Å². The number of carboxylic acid groups (broad SMARTS) is 1. The van der Waals surface area contributed by atoms with Gasteiger partial charge in [0.05, 0.1) is 25.2 Å². The number of carbonyl (C=O) groups is 1. The number of rotatable bonds is 5. The molecule has 0 unspecified atom stereocenters. The molecule has 0 bridgehead atoms. The molecule has 2 aliphatic carbocycles. The zero-order chi connectivity index (χ0) is 20.9. The Morgan fingerprint density at radius 2 is 1.64 bits per heavy atom. The molecule has 1 aromatic carbocycles. The normalized spacial score (nSPS) is 21.2. The number of hydrogen-bond donors (Lipinski definition) is 1. The summed E-state index contributed by atoms with van der Waals surface area (Å²) < 4.78 is 11.6. The summed E-state index contributed by atoms with van der Waals surface area (Å²) in [6, 6.07) is 7.96. The second-order valence-electron chi connectivity index (χ2n) is 7.05. The van der Waals surface area contributed by atoms with Gasteiger partial charge in [-0.15, -0.1) is 0 Å². The van der Waals surface area contributed by atoms with E-state index in [0.717, 1.165) is 50.0 Å². The minimum absolute atomic E-state index is 0.168. The zero-order valence-electron chi connectivity index (χ0n) is 17.7. The lowest BCUT2D eigenvalue weighted by Crippen LogP contribution is -2.20. The fraction of sp³-hybridized carbons (Fsp3) is 0.652. The van der Waals surface area contributed by atoms with E-state index in [2.05, 4.69) is 12.1 Å². The minimum Gasteiger partial charge on any atom is -0.493 e. The molecule has 0 heterocycles. The van der Waals surface area contributed by atoms with Crippen LogP contribution in [0.4, 0.5) is 0 Å². The van der Waals surface area contributed by atoms with E-state index in [4.69, 9.17) is 19.8 Å². The van der Waals surface area contributed by atoms with Crippen LogP contribution in [0.5, 0.6) is 11.5 Å². The molecule has 3 rings (SSSR count). The maximum Gasteiger partial charge on any atom is 0.306 e. The highest BCUT2D eigenvalue weighted by Gasteiger charge is 2.27. The van der Waals surface area contributed by atoms with Crippen LogP contribution in [0.1, 0.15) is 83.6 Å². The predicted octanol–water partition coefficient (Wildman–Crippen LogP) is 5.93. The van der Waals surface area contributed by atoms with E-state index in [0.29, 0.717) is 12.0 Å². The number of aliphatic carboxylic acids is 1. The first-order chi connectivity index (χ1) is 13.6. The van der Waals surface area contributed by atoms with Gasteiger partial charge in [-0.2, -0.15) is 5.26 Å². The second-order valence-corrected chi connectivity index (χ2v) is 7.05. The van der Waals surface area contributed by atoms with E-state index in [9.17, 15) is 4.79 Å². The standard InChI is InChI=1S/C19H26O4.C2H3N.C2H6/c1-22-17-11-10-15(12-18(17)23-16-4-2-3-5-16)13-6-8-14(9-7-13)19(20)21;1-2-3;1-2/h10-14,16H,2-9H2,1H3,(H,20,21);1H3;1-2H3. The maximum atomic E-state index is 11.1. The molecule has 2 saturated carbocycles. The van der Waals surface area contributed by atoms with Crippen molar-refractivity contribution in [3.05, 3.63) is 23.8 Å². The summed E-state index contributed by atoms with van der Waals surface area (Å²) >= 11 is 0. The zero-order valence-corrected chi connectivity index (χ0v) is 17.7. The van der Waals surface area contributed by atoms with Crippen LogP contribution in [0, 0.1) is 17.2 Å². The third-order valence-corrected chi connectivity index (χ3v) is 5.33. The number of nitriles is 1. The van der Waals surface area contributed by atoms with Crippen molar-refractivity contribution in [2.75, 3.05) is 7.11 Å². The van der Waals surface area contributed by atoms with Gasteiger partial charge < -0.3 is 14.6 Å². The van der Waals surface area contributed by atoms with Crippen molar-refractivity contribution in [1.82, 2.24) is 0 Å². The van der Waals surface area contributed by atoms with Crippen molar-refractivity contribution < 1.29 is 19.4 Å². The van der Waals surface area contributed by atoms with Gasteiger partial charge in [0, 0.05) is 6.92 Å². The summed E-state index contributed by atoms with van der Waals surface area (Å²) in [6.45, 7) is 5.43. The van der Waals surface area contributed by atoms with Gasteiger partial charge >= 0.3 is 5.97 Å². The number of ether oxygens (including phenoxy) is 2. The second kappa shape index (κ2) is 13.0. The first-order valence-electron chi connectivity index (χ1n) is 10.5. The number of nitrogens with zero attached hydrogens (tertiary/aromatic N) is 1. The van der Waals surface area contributed by atoms with Crippen LogP contribution < -0.4 is 9.47 Å². The highest BCUT2D eigenvalue weighted by molar-refractivity contribution is 5.70. The summed E-state index contributed by atoms with van der Waals surface area (Å²) in [5.41, 5.74) is 1.25. The lowest BCUT2D eigenvalue weighted by Gasteiger charge is -2.27. The number of benzene rings is 1. The number of methoxy groups -OCH3 is 1. The average Bonchev–Trinajstić information content (AvgIpc) is 3.23. The third kappa shape index (κ3) is 7.07. The molecule has 2 fully saturated rings. The Kier molecular flexibility index (Phi) is 11.1. The Morgan fingerprint density at radius 1 is 1.07 bits per heavy atom. The van der Waals surface area contributed by atoms with Gasteiger partial charge in [0.1, 0.15) is 0 Å². The van der Waals surface area contributed by atoms with Crippen molar-refractivity contribution >= 4 is 5.97 Å². The van der Waals surface area contributed by atoms with Gasteiger partial charge in [-0.25, -0.2) is 0 Å². The molecule has 28 heavy (non-hydrogen) atoms. The number of carboxylic acids is 1. The van der Waals surface area contributed by atoms with Gasteiger partial charge in [-0.3, -0.25) is 4.79 Å². The van der Waals surface area contributed by atoms with Crippen LogP contribution in [-0.4, -0.2) is 24.3 Å². The van der Waals surface area contributed by atoms with Crippen LogP contribution in [0.15, 0.2) is 18.2 Å². The molecule has 0 atom stereocenters. The lowest BCUT2D eigenvalue weighted by atomic mass is 9.78. The topological polar surface area (TPSA) is 79.5 Å². The highest BCUT2D eigenvalue weighted by atomic mass is 16.5. The lowest BCUT2D eigenvalue weighted by molar-refractivity contribution is -0.142. The van der Waals surface area contributed by atoms with Gasteiger partial charge in [-0.05, 0) is 75.0 Å². The minimum atomic E-state index is -0.650. The van der Waals surface area contributed by atoms with E-state index in [-0.39, 0.29) is 5.92 Å². The van der Waals surface area contributed by atoms with Crippen LogP contribution in [0.3, 0.4) is 0 Å². The molecule has 0 aliphatic heterocycles. The van der Waals surface area contributed by atoms with Gasteiger partial charge in [0.2, 0.25) is 0 Å². The molecule has 0 saturated heterocycles. The molecule has 5 heteroatoms. The molecule has 0 amide bonds. The SMILES string of the molecule is CC.CC#N.COc1ccc(C2CCC(C(=O)O)CC2)cc1OC1CCCC1. The summed E-state index contributed by atoms with van der Waals surface area (Å²) in [6.07, 6.45) is 8.45. The third-order valence-electron chi connectivity index (χ3n) is 5.33. The average molecular weight is 390 g/mol. The van der Waals surface area contributed by atoms with Gasteiger partial charge in [0.15, 0.2) is 11.5 Å². The number of hydrogen-bond acceptors (Lipinski definition) is 4. The van der Waals surface area contributed by atoms with Crippen molar-refractivity contribution in [2.45, 2.75) is 84.2 Å². The van der Waals surface area contributed by atoms with Crippen LogP contribution in [0.25, 0.3) is 0 Å². The molecule has 156 valence electrons. The van der Waals surface area contributed by atoms with Crippen molar-refractivity contribution in [3.63, 3.8) is 0 Å². The summed E-state index contributed by atoms with van der Waals surface area (Å²) in [7, 11) is 1.68. The van der Waals surface area contributed by atoms with E-state index >= 15 is 0 Å². The molecule has 5 nitrogen and oxygen atoms in total. The smallest absolute Gasteiger partial charge is 0.306 e. The quantitative estimate of drug-likeness (QED) is 0.675. The Bertz CT molecular complexity index is 624. The Hall–Kier alpha value is -2.22. The van der Waals surface area contributed by atoms with Crippen molar-refractivity contribution in [2.24, 2.45) is 5.92 Å². The molecule has 1 N–H and O–H groups in total. The van der Waals surface area contributed by atoms with Gasteiger partial charge in [0.25, 0.3) is 0 Å². The molecular weight excluding hydrogens is 354 g/mol. The van der Waals surface area contributed by atoms with E-state index < -0.39 is 5.97 Å². The molecule has 1 aromatic rings. The van der Waals surface area contributed by atoms with Crippen LogP contribution in [-0.2, 0) is 4.79 Å². The summed E-state index contributed by atoms with van der Waals surface area (Å²) in [4.78, 5) is 11.1. The van der Waals surface area contributed by atoms with E-state index in [1.807, 2.05) is 19.9 Å². The fourth-order valence-electron chi connectivity index (χ4n) is 3.90. The molecule has 0 radical (unpaired) electrons. The Morgan fingerprint density at radius 3 is 2.14 bits per heavy atom. The van der Waals surface area contributed by atoms with E-state index in [1.165, 1.54) is 25.3 Å². The van der Waals surface area contributed by atoms with E-state index in [1.54, 1.807) is 13.2 Å². The Labute approximate surface area is 169 Å². The first kappa shape index (κ1) is 23.8. The first-order valence-corrected chi connectivity index (χ1v) is 10.5. The fourth-order valence-corrected chi connectivity index (χ4v) is 3.90. The molecule has 0 aromatic heterocycles. The van der Waals surface area contributed by atoms with Crippen molar-refractivity contribution in [1.29, 1.82) is 5.26 Å². The monoisotopic (exact) mass is 389 g/mol. The molecule has 0 spiro atoms. The molecule has 2 aliphatic rings.